The van der Waals surface area contributed by atoms with Crippen molar-refractivity contribution < 1.29 is 0 Å². The quantitative estimate of drug-likeness (QED) is 0.159. The first-order valence-electron chi connectivity index (χ1n) is 13.9. The molecule has 0 fully saturated rings. The maximum absolute atomic E-state index is 9.98. The van der Waals surface area contributed by atoms with Crippen LogP contribution < -0.4 is 0 Å². The van der Waals surface area contributed by atoms with Crippen molar-refractivity contribution in [1.82, 2.24) is 9.13 Å². The maximum atomic E-state index is 9.98. The van der Waals surface area contributed by atoms with Crippen molar-refractivity contribution in [2.45, 2.75) is 6.92 Å². The molecule has 198 valence electrons. The maximum Gasteiger partial charge on any atom is 0.101 e. The van der Waals surface area contributed by atoms with Crippen LogP contribution in [0, 0.1) is 18.3 Å². The summed E-state index contributed by atoms with van der Waals surface area (Å²) in [7, 11) is 0. The van der Waals surface area contributed by atoms with E-state index in [0.29, 0.717) is 5.56 Å². The summed E-state index contributed by atoms with van der Waals surface area (Å²) in [6.45, 7) is 9.97. The molecule has 0 atom stereocenters. The average molecular weight is 538 g/mol. The summed E-state index contributed by atoms with van der Waals surface area (Å²) in [5.41, 5.74) is 14.5. The van der Waals surface area contributed by atoms with Gasteiger partial charge in [0, 0.05) is 33.5 Å². The number of aromatic nitrogens is 2. The van der Waals surface area contributed by atoms with Crippen molar-refractivity contribution in [1.29, 1.82) is 5.26 Å². The van der Waals surface area contributed by atoms with Crippen LogP contribution in [0.5, 0.6) is 0 Å². The van der Waals surface area contributed by atoms with Gasteiger partial charge in [-0.1, -0.05) is 67.8 Å². The molecule has 0 spiro atoms. The first-order valence-corrected chi connectivity index (χ1v) is 13.9. The Morgan fingerprint density at radius 2 is 1.62 bits per heavy atom. The van der Waals surface area contributed by atoms with E-state index in [0.717, 1.165) is 61.3 Å². The lowest BCUT2D eigenvalue weighted by molar-refractivity contribution is 1.09. The first kappa shape index (κ1) is 25.2. The molecule has 0 unspecified atom stereocenters. The largest absolute Gasteiger partial charge is 0.309 e. The van der Waals surface area contributed by atoms with Crippen LogP contribution in [-0.2, 0) is 0 Å². The van der Waals surface area contributed by atoms with E-state index in [4.69, 9.17) is 0 Å². The second kappa shape index (κ2) is 9.98. The summed E-state index contributed by atoms with van der Waals surface area (Å²) in [5.74, 6) is 0. The molecule has 0 saturated heterocycles. The minimum atomic E-state index is 0.649. The summed E-state index contributed by atoms with van der Waals surface area (Å²) in [5, 5.41) is 13.5. The van der Waals surface area contributed by atoms with Crippen LogP contribution >= 0.6 is 0 Å². The Balaban J connectivity index is 1.47. The third kappa shape index (κ3) is 3.83. The SMILES string of the molecule is C=C/C=C(\C=C)n1c2ccccc2c2cc(-c3ccc4c(c3)c3c(n4-c4ccc(C)cc4C#N)C=C=CC=C3)ccc21. The molecule has 7 rings (SSSR count). The van der Waals surface area contributed by atoms with Gasteiger partial charge in [0.1, 0.15) is 6.07 Å². The highest BCUT2D eigenvalue weighted by atomic mass is 15.0. The van der Waals surface area contributed by atoms with E-state index >= 15 is 0 Å². The van der Waals surface area contributed by atoms with E-state index in [9.17, 15) is 5.26 Å². The van der Waals surface area contributed by atoms with Gasteiger partial charge in [0.2, 0.25) is 0 Å². The highest BCUT2D eigenvalue weighted by Crippen LogP contribution is 2.38. The third-order valence-corrected chi connectivity index (χ3v) is 8.00. The number of hydrogen-bond acceptors (Lipinski definition) is 1. The monoisotopic (exact) mass is 537 g/mol. The van der Waals surface area contributed by atoms with E-state index in [-0.39, 0.29) is 0 Å². The Labute approximate surface area is 244 Å². The standard InChI is InChI=1S/C39H27N3/c1-4-11-30(5-2)41-36-15-10-9-13-31(36)33-23-27(17-20-38(33)41)28-18-21-39-34(24-28)32-12-7-6-8-14-37(32)42(39)35-19-16-26(3)22-29(35)25-40/h4-7,9-24H,1-2H2,3H3/b30-11+. The number of rotatable bonds is 5. The van der Waals surface area contributed by atoms with Gasteiger partial charge in [-0.2, -0.15) is 5.26 Å². The molecule has 4 aromatic carbocycles. The van der Waals surface area contributed by atoms with E-state index in [1.54, 1.807) is 6.08 Å². The van der Waals surface area contributed by atoms with Crippen molar-refractivity contribution >= 4 is 50.6 Å². The van der Waals surface area contributed by atoms with Crippen molar-refractivity contribution in [2.24, 2.45) is 0 Å². The number of fused-ring (bicyclic) bond motifs is 6. The molecule has 0 saturated carbocycles. The molecule has 0 N–H and O–H groups in total. The van der Waals surface area contributed by atoms with Gasteiger partial charge in [-0.05, 0) is 84.3 Å². The van der Waals surface area contributed by atoms with Gasteiger partial charge in [-0.3, -0.25) is 0 Å². The Morgan fingerprint density at radius 3 is 2.40 bits per heavy atom. The number of para-hydroxylation sites is 1. The van der Waals surface area contributed by atoms with Crippen LogP contribution in [0.25, 0.3) is 67.4 Å². The van der Waals surface area contributed by atoms with E-state index in [1.807, 2.05) is 49.4 Å². The van der Waals surface area contributed by atoms with E-state index in [1.165, 1.54) is 10.8 Å². The lowest BCUT2D eigenvalue weighted by Crippen LogP contribution is -2.00. The molecule has 3 heteroatoms. The molecule has 1 aliphatic rings. The smallest absolute Gasteiger partial charge is 0.101 e. The van der Waals surface area contributed by atoms with Crippen LogP contribution in [0.2, 0.25) is 0 Å². The number of hydrogen-bond donors (Lipinski definition) is 0. The predicted octanol–water partition coefficient (Wildman–Crippen LogP) is 9.99. The normalized spacial score (nSPS) is 12.5. The van der Waals surface area contributed by atoms with Gasteiger partial charge >= 0.3 is 0 Å². The average Bonchev–Trinajstić information content (AvgIpc) is 3.38. The predicted molar refractivity (Wildman–Crippen MR) is 177 cm³/mol. The summed E-state index contributed by atoms with van der Waals surface area (Å²) in [4.78, 5) is 0. The summed E-state index contributed by atoms with van der Waals surface area (Å²) < 4.78 is 4.42. The summed E-state index contributed by atoms with van der Waals surface area (Å²) in [6.07, 6.45) is 13.7. The third-order valence-electron chi connectivity index (χ3n) is 8.00. The second-order valence-electron chi connectivity index (χ2n) is 10.5. The fraction of sp³-hybridized carbons (Fsp3) is 0.0256. The minimum absolute atomic E-state index is 0.649. The molecule has 6 aromatic rings. The molecule has 0 radical (unpaired) electrons. The molecular weight excluding hydrogens is 510 g/mol. The molecule has 2 heterocycles. The molecular formula is C39H27N3. The topological polar surface area (TPSA) is 33.6 Å². The van der Waals surface area contributed by atoms with Gasteiger partial charge < -0.3 is 9.13 Å². The Bertz CT molecular complexity index is 2280. The molecule has 0 aliphatic heterocycles. The Hall–Kier alpha value is -5.81. The van der Waals surface area contributed by atoms with Crippen molar-refractivity contribution in [3.63, 3.8) is 0 Å². The summed E-state index contributed by atoms with van der Waals surface area (Å²) >= 11 is 0. The Kier molecular flexibility index (Phi) is 5.98. The molecule has 2 aromatic heterocycles. The van der Waals surface area contributed by atoms with Gasteiger partial charge in [0.05, 0.1) is 33.5 Å². The minimum Gasteiger partial charge on any atom is -0.309 e. The fourth-order valence-electron chi connectivity index (χ4n) is 6.14. The zero-order valence-electron chi connectivity index (χ0n) is 23.3. The number of benzene rings is 4. The molecule has 1 aliphatic carbocycles. The van der Waals surface area contributed by atoms with Crippen LogP contribution in [0.1, 0.15) is 22.4 Å². The van der Waals surface area contributed by atoms with Gasteiger partial charge in [0.15, 0.2) is 0 Å². The number of nitrogens with zero attached hydrogens (tertiary/aromatic N) is 3. The molecule has 0 bridgehead atoms. The van der Waals surface area contributed by atoms with Crippen LogP contribution in [0.3, 0.4) is 0 Å². The highest BCUT2D eigenvalue weighted by molar-refractivity contribution is 6.12. The highest BCUT2D eigenvalue weighted by Gasteiger charge is 2.19. The van der Waals surface area contributed by atoms with Crippen molar-refractivity contribution in [2.75, 3.05) is 0 Å². The number of nitriles is 1. The van der Waals surface area contributed by atoms with Crippen molar-refractivity contribution in [3.05, 3.63) is 151 Å². The zero-order valence-corrected chi connectivity index (χ0v) is 23.3. The first-order chi connectivity index (χ1) is 20.6. The molecule has 0 amide bonds. The fourth-order valence-corrected chi connectivity index (χ4v) is 6.14. The Morgan fingerprint density at radius 1 is 0.857 bits per heavy atom. The van der Waals surface area contributed by atoms with Gasteiger partial charge in [-0.25, -0.2) is 0 Å². The van der Waals surface area contributed by atoms with Crippen LogP contribution in [-0.4, -0.2) is 9.13 Å². The molecule has 42 heavy (non-hydrogen) atoms. The molecule has 3 nitrogen and oxygen atoms in total. The lowest BCUT2D eigenvalue weighted by Gasteiger charge is -2.12. The van der Waals surface area contributed by atoms with Gasteiger partial charge in [0.25, 0.3) is 0 Å². The van der Waals surface area contributed by atoms with Crippen LogP contribution in [0.4, 0.5) is 0 Å². The number of aryl methyl sites for hydroxylation is 1. The second-order valence-corrected chi connectivity index (χ2v) is 10.5. The van der Waals surface area contributed by atoms with Crippen LogP contribution in [0.15, 0.2) is 128 Å². The lowest BCUT2D eigenvalue weighted by atomic mass is 10.00. The number of allylic oxidation sites excluding steroid dienone is 6. The van der Waals surface area contributed by atoms with Crippen molar-refractivity contribution in [3.8, 4) is 22.9 Å². The van der Waals surface area contributed by atoms with E-state index < -0.39 is 0 Å². The van der Waals surface area contributed by atoms with Gasteiger partial charge in [-0.15, -0.1) is 5.73 Å². The zero-order chi connectivity index (χ0) is 28.8. The summed E-state index contributed by atoms with van der Waals surface area (Å²) in [6, 6.07) is 30.2. The van der Waals surface area contributed by atoms with E-state index in [2.05, 4.69) is 107 Å².